The van der Waals surface area contributed by atoms with E-state index in [0.717, 1.165) is 28.4 Å². The number of halogens is 1. The van der Waals surface area contributed by atoms with E-state index in [1.165, 1.54) is 0 Å². The monoisotopic (exact) mass is 280 g/mol. The molecular weight excluding hydrogens is 264 g/mol. The minimum absolute atomic E-state index is 0.307. The van der Waals surface area contributed by atoms with Crippen LogP contribution in [0.15, 0.2) is 28.7 Å². The van der Waals surface area contributed by atoms with Crippen molar-refractivity contribution in [1.82, 2.24) is 0 Å². The van der Waals surface area contributed by atoms with Gasteiger partial charge in [-0.15, -0.1) is 11.6 Å². The van der Waals surface area contributed by atoms with E-state index in [1.807, 2.05) is 38.1 Å². The van der Waals surface area contributed by atoms with Gasteiger partial charge in [-0.3, -0.25) is 0 Å². The molecule has 0 saturated heterocycles. The van der Waals surface area contributed by atoms with Crippen LogP contribution < -0.4 is 9.47 Å². The Labute approximate surface area is 118 Å². The largest absolute Gasteiger partial charge is 0.497 e. The molecule has 0 fully saturated rings. The molecule has 19 heavy (non-hydrogen) atoms. The Kier molecular flexibility index (Phi) is 4.05. The molecule has 0 bridgehead atoms. The smallest absolute Gasteiger partial charge is 0.127 e. The third-order valence-electron chi connectivity index (χ3n) is 3.07. The Morgan fingerprint density at radius 2 is 1.79 bits per heavy atom. The molecule has 0 amide bonds. The number of furan rings is 1. The second-order valence-electron chi connectivity index (χ2n) is 4.34. The lowest BCUT2D eigenvalue weighted by molar-refractivity contribution is 0.391. The van der Waals surface area contributed by atoms with Gasteiger partial charge in [0.25, 0.3) is 0 Å². The third kappa shape index (κ3) is 2.71. The number of hydrogen-bond donors (Lipinski definition) is 0. The van der Waals surface area contributed by atoms with Crippen molar-refractivity contribution < 1.29 is 13.9 Å². The van der Waals surface area contributed by atoms with Crippen molar-refractivity contribution in [2.24, 2.45) is 0 Å². The number of benzene rings is 1. The predicted octanol–water partition coefficient (Wildman–Crippen LogP) is 4.24. The van der Waals surface area contributed by atoms with Crippen molar-refractivity contribution in [3.8, 4) is 11.5 Å². The van der Waals surface area contributed by atoms with Crippen LogP contribution in [0, 0.1) is 13.8 Å². The van der Waals surface area contributed by atoms with Crippen molar-refractivity contribution in [3.05, 3.63) is 46.9 Å². The highest BCUT2D eigenvalue weighted by atomic mass is 35.5. The first-order valence-electron chi connectivity index (χ1n) is 5.99. The molecule has 102 valence electrons. The summed E-state index contributed by atoms with van der Waals surface area (Å²) in [6.07, 6.45) is 0. The van der Waals surface area contributed by atoms with Crippen LogP contribution in [0.1, 0.15) is 28.0 Å². The van der Waals surface area contributed by atoms with Crippen LogP contribution in [0.25, 0.3) is 0 Å². The van der Waals surface area contributed by atoms with Crippen LogP contribution >= 0.6 is 11.6 Å². The topological polar surface area (TPSA) is 31.6 Å². The number of ether oxygens (including phenoxy) is 2. The van der Waals surface area contributed by atoms with E-state index in [1.54, 1.807) is 14.2 Å². The molecule has 0 N–H and O–H groups in total. The molecule has 1 heterocycles. The highest BCUT2D eigenvalue weighted by Gasteiger charge is 2.20. The zero-order valence-corrected chi connectivity index (χ0v) is 12.2. The maximum atomic E-state index is 6.55. The number of aryl methyl sites for hydroxylation is 2. The molecule has 3 nitrogen and oxygen atoms in total. The normalized spacial score (nSPS) is 12.3. The Morgan fingerprint density at radius 1 is 1.05 bits per heavy atom. The van der Waals surface area contributed by atoms with E-state index >= 15 is 0 Å². The maximum absolute atomic E-state index is 6.55. The van der Waals surface area contributed by atoms with Gasteiger partial charge in [0.05, 0.1) is 19.6 Å². The zero-order chi connectivity index (χ0) is 14.0. The highest BCUT2D eigenvalue weighted by Crippen LogP contribution is 2.39. The molecule has 2 rings (SSSR count). The third-order valence-corrected chi connectivity index (χ3v) is 3.54. The van der Waals surface area contributed by atoms with Gasteiger partial charge in [0.2, 0.25) is 0 Å². The van der Waals surface area contributed by atoms with Crippen molar-refractivity contribution in [2.45, 2.75) is 19.2 Å². The van der Waals surface area contributed by atoms with Gasteiger partial charge in [-0.05, 0) is 32.0 Å². The Hall–Kier alpha value is -1.61. The highest BCUT2D eigenvalue weighted by molar-refractivity contribution is 6.23. The molecule has 1 aromatic heterocycles. The molecular formula is C15H17ClO3. The van der Waals surface area contributed by atoms with Gasteiger partial charge < -0.3 is 13.9 Å². The second kappa shape index (κ2) is 5.57. The standard InChI is InChI=1S/C15H17ClO3/c1-9-7-13(10(2)19-9)15(16)12-6-5-11(17-3)8-14(12)18-4/h5-8,15H,1-4H3. The van der Waals surface area contributed by atoms with Gasteiger partial charge >= 0.3 is 0 Å². The summed E-state index contributed by atoms with van der Waals surface area (Å²) in [7, 11) is 3.24. The second-order valence-corrected chi connectivity index (χ2v) is 4.78. The summed E-state index contributed by atoms with van der Waals surface area (Å²) in [4.78, 5) is 0. The van der Waals surface area contributed by atoms with E-state index < -0.39 is 0 Å². The first-order chi connectivity index (χ1) is 9.06. The summed E-state index contributed by atoms with van der Waals surface area (Å²) in [5, 5.41) is -0.307. The fourth-order valence-corrected chi connectivity index (χ4v) is 2.49. The zero-order valence-electron chi connectivity index (χ0n) is 11.5. The first kappa shape index (κ1) is 13.8. The van der Waals surface area contributed by atoms with Crippen LogP contribution in [-0.4, -0.2) is 14.2 Å². The van der Waals surface area contributed by atoms with Gasteiger partial charge in [0.1, 0.15) is 23.0 Å². The SMILES string of the molecule is COc1ccc(C(Cl)c2cc(C)oc2C)c(OC)c1. The minimum Gasteiger partial charge on any atom is -0.497 e. The lowest BCUT2D eigenvalue weighted by Crippen LogP contribution is -1.98. The summed E-state index contributed by atoms with van der Waals surface area (Å²) >= 11 is 6.55. The van der Waals surface area contributed by atoms with Crippen LogP contribution in [-0.2, 0) is 0 Å². The molecule has 0 radical (unpaired) electrons. The molecule has 0 saturated carbocycles. The van der Waals surface area contributed by atoms with Crippen LogP contribution in [0.3, 0.4) is 0 Å². The molecule has 1 atom stereocenters. The summed E-state index contributed by atoms with van der Waals surface area (Å²) in [5.74, 6) is 3.13. The molecule has 4 heteroatoms. The van der Waals surface area contributed by atoms with E-state index in [2.05, 4.69) is 0 Å². The Bertz CT molecular complexity index is 575. The number of hydrogen-bond acceptors (Lipinski definition) is 3. The quantitative estimate of drug-likeness (QED) is 0.785. The molecule has 0 aliphatic carbocycles. The molecule has 2 aromatic rings. The Morgan fingerprint density at radius 3 is 2.32 bits per heavy atom. The number of methoxy groups -OCH3 is 2. The first-order valence-corrected chi connectivity index (χ1v) is 6.43. The van der Waals surface area contributed by atoms with E-state index in [4.69, 9.17) is 25.5 Å². The van der Waals surface area contributed by atoms with Crippen molar-refractivity contribution in [1.29, 1.82) is 0 Å². The summed E-state index contributed by atoms with van der Waals surface area (Å²) < 4.78 is 16.1. The minimum atomic E-state index is -0.307. The number of alkyl halides is 1. The lowest BCUT2D eigenvalue weighted by Gasteiger charge is -2.14. The lowest BCUT2D eigenvalue weighted by atomic mass is 10.0. The fraction of sp³-hybridized carbons (Fsp3) is 0.333. The molecule has 1 aromatic carbocycles. The van der Waals surface area contributed by atoms with Crippen LogP contribution in [0.5, 0.6) is 11.5 Å². The van der Waals surface area contributed by atoms with Crippen molar-refractivity contribution in [3.63, 3.8) is 0 Å². The van der Waals surface area contributed by atoms with Gasteiger partial charge in [0, 0.05) is 17.2 Å². The van der Waals surface area contributed by atoms with Gasteiger partial charge in [-0.25, -0.2) is 0 Å². The number of rotatable bonds is 4. The summed E-state index contributed by atoms with van der Waals surface area (Å²) in [6.45, 7) is 3.82. The average molecular weight is 281 g/mol. The van der Waals surface area contributed by atoms with Gasteiger partial charge in [-0.2, -0.15) is 0 Å². The average Bonchev–Trinajstić information content (AvgIpc) is 2.76. The van der Waals surface area contributed by atoms with E-state index in [9.17, 15) is 0 Å². The molecule has 0 spiro atoms. The van der Waals surface area contributed by atoms with Crippen molar-refractivity contribution >= 4 is 11.6 Å². The fourth-order valence-electron chi connectivity index (χ4n) is 2.10. The van der Waals surface area contributed by atoms with Crippen LogP contribution in [0.2, 0.25) is 0 Å². The van der Waals surface area contributed by atoms with E-state index in [-0.39, 0.29) is 5.38 Å². The molecule has 0 aliphatic rings. The maximum Gasteiger partial charge on any atom is 0.127 e. The summed E-state index contributed by atoms with van der Waals surface area (Å²) in [5.41, 5.74) is 1.86. The molecule has 0 aliphatic heterocycles. The van der Waals surface area contributed by atoms with Gasteiger partial charge in [-0.1, -0.05) is 0 Å². The predicted molar refractivity (Wildman–Crippen MR) is 75.4 cm³/mol. The molecule has 1 unspecified atom stereocenters. The van der Waals surface area contributed by atoms with Gasteiger partial charge in [0.15, 0.2) is 0 Å². The van der Waals surface area contributed by atoms with Crippen molar-refractivity contribution in [2.75, 3.05) is 14.2 Å². The Balaban J connectivity index is 2.43. The van der Waals surface area contributed by atoms with E-state index in [0.29, 0.717) is 5.75 Å². The summed E-state index contributed by atoms with van der Waals surface area (Å²) in [6, 6.07) is 7.57. The van der Waals surface area contributed by atoms with Crippen LogP contribution in [0.4, 0.5) is 0 Å².